The second-order valence-corrected chi connectivity index (χ2v) is 4.50. The number of benzene rings is 1. The molecule has 2 amide bonds. The molecule has 1 heterocycles. The Kier molecular flexibility index (Phi) is 4.49. The average Bonchev–Trinajstić information content (AvgIpc) is 2.86. The quantitative estimate of drug-likeness (QED) is 0.909. The molecule has 0 unspecified atom stereocenters. The van der Waals surface area contributed by atoms with E-state index in [1.54, 1.807) is 18.2 Å². The SMILES string of the molecule is COc1cc(NC(=O)c2ccoc2Cl)ccc1NC(C)=O. The summed E-state index contributed by atoms with van der Waals surface area (Å²) in [5.74, 6) is -0.181. The number of hydrogen-bond donors (Lipinski definition) is 2. The first kappa shape index (κ1) is 14.9. The molecule has 2 rings (SSSR count). The van der Waals surface area contributed by atoms with Gasteiger partial charge in [0, 0.05) is 18.7 Å². The standard InChI is InChI=1S/C14H13ClN2O4/c1-8(18)16-11-4-3-9(7-12(11)20-2)17-14(19)10-5-6-21-13(10)15/h3-7H,1-2H3,(H,16,18)(H,17,19). The number of methoxy groups -OCH3 is 1. The number of halogens is 1. The first-order valence-electron chi connectivity index (χ1n) is 6.01. The summed E-state index contributed by atoms with van der Waals surface area (Å²) in [5.41, 5.74) is 1.26. The first-order valence-corrected chi connectivity index (χ1v) is 6.39. The Morgan fingerprint density at radius 1 is 1.24 bits per heavy atom. The summed E-state index contributed by atoms with van der Waals surface area (Å²) in [6.07, 6.45) is 1.33. The lowest BCUT2D eigenvalue weighted by molar-refractivity contribution is -0.114. The summed E-state index contributed by atoms with van der Waals surface area (Å²) in [6.45, 7) is 1.40. The molecular formula is C14H13ClN2O4. The Balaban J connectivity index is 2.19. The summed E-state index contributed by atoms with van der Waals surface area (Å²) in [6, 6.07) is 6.34. The zero-order valence-corrected chi connectivity index (χ0v) is 12.2. The molecule has 21 heavy (non-hydrogen) atoms. The third-order valence-electron chi connectivity index (χ3n) is 2.63. The van der Waals surface area contributed by atoms with Crippen LogP contribution in [0.3, 0.4) is 0 Å². The summed E-state index contributed by atoms with van der Waals surface area (Å²) in [7, 11) is 1.47. The van der Waals surface area contributed by atoms with Gasteiger partial charge in [-0.1, -0.05) is 0 Å². The van der Waals surface area contributed by atoms with Gasteiger partial charge in [0.25, 0.3) is 5.91 Å². The van der Waals surface area contributed by atoms with Crippen LogP contribution in [-0.2, 0) is 4.79 Å². The van der Waals surface area contributed by atoms with Crippen LogP contribution in [0.15, 0.2) is 34.9 Å². The van der Waals surface area contributed by atoms with Crippen LogP contribution in [-0.4, -0.2) is 18.9 Å². The van der Waals surface area contributed by atoms with Crippen molar-refractivity contribution in [1.82, 2.24) is 0 Å². The van der Waals surface area contributed by atoms with Gasteiger partial charge in [0.2, 0.25) is 11.1 Å². The number of furan rings is 1. The van der Waals surface area contributed by atoms with Gasteiger partial charge in [-0.05, 0) is 29.8 Å². The fourth-order valence-electron chi connectivity index (χ4n) is 1.72. The van der Waals surface area contributed by atoms with Crippen molar-refractivity contribution < 1.29 is 18.7 Å². The van der Waals surface area contributed by atoms with Crippen LogP contribution in [0.2, 0.25) is 5.22 Å². The van der Waals surface area contributed by atoms with Crippen molar-refractivity contribution >= 4 is 34.8 Å². The molecule has 0 spiro atoms. The van der Waals surface area contributed by atoms with Crippen LogP contribution < -0.4 is 15.4 Å². The summed E-state index contributed by atoms with van der Waals surface area (Å²) < 4.78 is 10.0. The van der Waals surface area contributed by atoms with Gasteiger partial charge in [-0.3, -0.25) is 9.59 Å². The Labute approximate surface area is 126 Å². The van der Waals surface area contributed by atoms with Crippen molar-refractivity contribution in [1.29, 1.82) is 0 Å². The second kappa shape index (κ2) is 6.32. The Hall–Kier alpha value is -2.47. The maximum atomic E-state index is 12.0. The molecule has 7 heteroatoms. The van der Waals surface area contributed by atoms with Crippen LogP contribution in [0.1, 0.15) is 17.3 Å². The van der Waals surface area contributed by atoms with Crippen molar-refractivity contribution in [2.75, 3.05) is 17.7 Å². The molecule has 0 saturated heterocycles. The lowest BCUT2D eigenvalue weighted by atomic mass is 10.2. The molecule has 0 aliphatic heterocycles. The molecule has 0 fully saturated rings. The minimum atomic E-state index is -0.400. The number of carbonyl (C=O) groups excluding carboxylic acids is 2. The maximum absolute atomic E-state index is 12.0. The number of amides is 2. The van der Waals surface area contributed by atoms with E-state index in [0.717, 1.165) is 0 Å². The molecule has 1 aromatic carbocycles. The smallest absolute Gasteiger partial charge is 0.260 e. The number of carbonyl (C=O) groups is 2. The molecule has 110 valence electrons. The van der Waals surface area contributed by atoms with Gasteiger partial charge in [-0.2, -0.15) is 0 Å². The fraction of sp³-hybridized carbons (Fsp3) is 0.143. The van der Waals surface area contributed by atoms with E-state index >= 15 is 0 Å². The summed E-state index contributed by atoms with van der Waals surface area (Å²) in [5, 5.41) is 5.32. The topological polar surface area (TPSA) is 80.6 Å². The van der Waals surface area contributed by atoms with Crippen molar-refractivity contribution in [3.05, 3.63) is 41.3 Å². The highest BCUT2D eigenvalue weighted by atomic mass is 35.5. The number of ether oxygens (including phenoxy) is 1. The predicted octanol–water partition coefficient (Wildman–Crippen LogP) is 3.15. The molecule has 2 aromatic rings. The predicted molar refractivity (Wildman–Crippen MR) is 79.0 cm³/mol. The van der Waals surface area contributed by atoms with E-state index in [0.29, 0.717) is 17.1 Å². The van der Waals surface area contributed by atoms with Gasteiger partial charge >= 0.3 is 0 Å². The maximum Gasteiger partial charge on any atom is 0.260 e. The highest BCUT2D eigenvalue weighted by Gasteiger charge is 2.14. The van der Waals surface area contributed by atoms with Crippen molar-refractivity contribution in [2.24, 2.45) is 0 Å². The number of rotatable bonds is 4. The van der Waals surface area contributed by atoms with E-state index in [9.17, 15) is 9.59 Å². The van der Waals surface area contributed by atoms with Gasteiger partial charge in [0.1, 0.15) is 5.75 Å². The first-order chi connectivity index (χ1) is 10.0. The minimum absolute atomic E-state index is 0.0225. The van der Waals surface area contributed by atoms with E-state index in [-0.39, 0.29) is 16.7 Å². The minimum Gasteiger partial charge on any atom is -0.494 e. The highest BCUT2D eigenvalue weighted by Crippen LogP contribution is 2.28. The van der Waals surface area contributed by atoms with Crippen LogP contribution in [0.25, 0.3) is 0 Å². The molecule has 1 aromatic heterocycles. The van der Waals surface area contributed by atoms with Crippen molar-refractivity contribution in [2.45, 2.75) is 6.92 Å². The molecule has 2 N–H and O–H groups in total. The van der Waals surface area contributed by atoms with E-state index in [1.165, 1.54) is 26.4 Å². The molecule has 6 nitrogen and oxygen atoms in total. The van der Waals surface area contributed by atoms with Crippen LogP contribution >= 0.6 is 11.6 Å². The van der Waals surface area contributed by atoms with Crippen molar-refractivity contribution in [3.63, 3.8) is 0 Å². The van der Waals surface area contributed by atoms with E-state index in [2.05, 4.69) is 10.6 Å². The lowest BCUT2D eigenvalue weighted by Gasteiger charge is -2.11. The van der Waals surface area contributed by atoms with Gasteiger partial charge in [-0.25, -0.2) is 0 Å². The fourth-order valence-corrected chi connectivity index (χ4v) is 1.92. The van der Waals surface area contributed by atoms with Gasteiger partial charge < -0.3 is 19.8 Å². The Morgan fingerprint density at radius 3 is 2.57 bits per heavy atom. The Bertz CT molecular complexity index is 681. The number of hydrogen-bond acceptors (Lipinski definition) is 4. The van der Waals surface area contributed by atoms with Gasteiger partial charge in [-0.15, -0.1) is 0 Å². The Morgan fingerprint density at radius 2 is 2.00 bits per heavy atom. The molecule has 0 saturated carbocycles. The van der Waals surface area contributed by atoms with Crippen LogP contribution in [0.4, 0.5) is 11.4 Å². The highest BCUT2D eigenvalue weighted by molar-refractivity contribution is 6.32. The third kappa shape index (κ3) is 3.55. The molecule has 0 bridgehead atoms. The molecular weight excluding hydrogens is 296 g/mol. The second-order valence-electron chi connectivity index (χ2n) is 4.16. The zero-order valence-electron chi connectivity index (χ0n) is 11.4. The molecule has 0 aliphatic rings. The molecule has 0 atom stereocenters. The molecule has 0 aliphatic carbocycles. The van der Waals surface area contributed by atoms with E-state index in [1.807, 2.05) is 0 Å². The largest absolute Gasteiger partial charge is 0.494 e. The number of nitrogens with one attached hydrogen (secondary N) is 2. The average molecular weight is 309 g/mol. The number of anilines is 2. The van der Waals surface area contributed by atoms with Crippen molar-refractivity contribution in [3.8, 4) is 5.75 Å². The molecule has 0 radical (unpaired) electrons. The van der Waals surface area contributed by atoms with E-state index in [4.69, 9.17) is 20.8 Å². The lowest BCUT2D eigenvalue weighted by Crippen LogP contribution is -2.12. The van der Waals surface area contributed by atoms with Crippen LogP contribution in [0, 0.1) is 0 Å². The monoisotopic (exact) mass is 308 g/mol. The normalized spacial score (nSPS) is 10.0. The van der Waals surface area contributed by atoms with Gasteiger partial charge in [0.15, 0.2) is 0 Å². The third-order valence-corrected chi connectivity index (χ3v) is 2.93. The summed E-state index contributed by atoms with van der Waals surface area (Å²) >= 11 is 5.74. The van der Waals surface area contributed by atoms with E-state index < -0.39 is 5.91 Å². The van der Waals surface area contributed by atoms with Gasteiger partial charge in [0.05, 0.1) is 24.6 Å². The summed E-state index contributed by atoms with van der Waals surface area (Å²) in [4.78, 5) is 23.1. The van der Waals surface area contributed by atoms with Crippen LogP contribution in [0.5, 0.6) is 5.75 Å². The zero-order chi connectivity index (χ0) is 15.4.